The maximum atomic E-state index is 12.5. The summed E-state index contributed by atoms with van der Waals surface area (Å²) in [6.45, 7) is 0. The number of hydrogen-bond acceptors (Lipinski definition) is 5. The summed E-state index contributed by atoms with van der Waals surface area (Å²) in [5.74, 6) is 0.205. The quantitative estimate of drug-likeness (QED) is 0.521. The van der Waals surface area contributed by atoms with Crippen molar-refractivity contribution in [2.45, 2.75) is 0 Å². The summed E-state index contributed by atoms with van der Waals surface area (Å²) in [5.41, 5.74) is 0.766. The van der Waals surface area contributed by atoms with Gasteiger partial charge in [0.2, 0.25) is 5.78 Å². The molecule has 116 valence electrons. The van der Waals surface area contributed by atoms with Crippen LogP contribution in [0.1, 0.15) is 15.9 Å². The minimum absolute atomic E-state index is 0.0564. The van der Waals surface area contributed by atoms with Crippen molar-refractivity contribution in [3.63, 3.8) is 0 Å². The zero-order chi connectivity index (χ0) is 16.8. The smallest absolute Gasteiger partial charge is 0.207 e. The number of rotatable bonds is 5. The van der Waals surface area contributed by atoms with E-state index in [4.69, 9.17) is 9.47 Å². The van der Waals surface area contributed by atoms with Crippen LogP contribution < -0.4 is 9.47 Å². The first kappa shape index (κ1) is 16.1. The Bertz CT molecular complexity index is 803. The fraction of sp³-hybridized carbons (Fsp3) is 0.111. The summed E-state index contributed by atoms with van der Waals surface area (Å²) in [5, 5.41) is 19.1. The van der Waals surface area contributed by atoms with E-state index in [1.807, 2.05) is 6.07 Å². The average molecular weight is 309 g/mol. The lowest BCUT2D eigenvalue weighted by atomic mass is 10.0. The second kappa shape index (κ2) is 7.14. The molecule has 0 bridgehead atoms. The van der Waals surface area contributed by atoms with Gasteiger partial charge in [-0.05, 0) is 35.9 Å². The molecule has 0 spiro atoms. The molecule has 0 aliphatic rings. The van der Waals surface area contributed by atoms with Crippen LogP contribution in [0.4, 0.5) is 0 Å². The highest BCUT2D eigenvalue weighted by Gasteiger charge is 2.16. The molecule has 0 atom stereocenters. The molecule has 0 radical (unpaired) electrons. The lowest BCUT2D eigenvalue weighted by Crippen LogP contribution is -2.04. The maximum absolute atomic E-state index is 12.5. The van der Waals surface area contributed by atoms with Crippen molar-refractivity contribution < 1.29 is 19.4 Å². The number of ether oxygens (including phenoxy) is 2. The SMILES string of the molecule is COc1ccc(/C=C(/C#N)C(=O)c2ccccc2OC)cc1O. The van der Waals surface area contributed by atoms with Crippen LogP contribution in [0.2, 0.25) is 0 Å². The van der Waals surface area contributed by atoms with E-state index in [2.05, 4.69) is 0 Å². The number of Topliss-reactive ketones (excluding diaryl/α,β-unsaturated/α-hetero) is 1. The minimum atomic E-state index is -0.444. The molecule has 0 fully saturated rings. The van der Waals surface area contributed by atoms with Crippen LogP contribution >= 0.6 is 0 Å². The molecule has 5 heteroatoms. The van der Waals surface area contributed by atoms with Crippen LogP contribution in [0.3, 0.4) is 0 Å². The van der Waals surface area contributed by atoms with Gasteiger partial charge in [-0.2, -0.15) is 5.26 Å². The number of carbonyl (C=O) groups excluding carboxylic acids is 1. The summed E-state index contributed by atoms with van der Waals surface area (Å²) in [4.78, 5) is 12.5. The fourth-order valence-corrected chi connectivity index (χ4v) is 2.09. The van der Waals surface area contributed by atoms with Gasteiger partial charge < -0.3 is 14.6 Å². The van der Waals surface area contributed by atoms with E-state index >= 15 is 0 Å². The summed E-state index contributed by atoms with van der Waals surface area (Å²) in [6, 6.07) is 13.2. The van der Waals surface area contributed by atoms with Gasteiger partial charge in [0.15, 0.2) is 11.5 Å². The molecule has 0 saturated heterocycles. The Morgan fingerprint density at radius 3 is 2.43 bits per heavy atom. The number of carbonyl (C=O) groups is 1. The Hall–Kier alpha value is -3.26. The van der Waals surface area contributed by atoms with Gasteiger partial charge in [-0.1, -0.05) is 18.2 Å². The highest BCUT2D eigenvalue weighted by Crippen LogP contribution is 2.28. The predicted molar refractivity (Wildman–Crippen MR) is 85.6 cm³/mol. The molecule has 0 unspecified atom stereocenters. The van der Waals surface area contributed by atoms with Gasteiger partial charge in [-0.3, -0.25) is 4.79 Å². The molecule has 0 aliphatic heterocycles. The molecule has 0 aromatic heterocycles. The molecule has 2 rings (SSSR count). The van der Waals surface area contributed by atoms with Gasteiger partial charge in [0.1, 0.15) is 17.4 Å². The number of nitriles is 1. The Labute approximate surface area is 134 Å². The minimum Gasteiger partial charge on any atom is -0.504 e. The molecular weight excluding hydrogens is 294 g/mol. The van der Waals surface area contributed by atoms with Crippen LogP contribution in [0.5, 0.6) is 17.2 Å². The van der Waals surface area contributed by atoms with E-state index in [-0.39, 0.29) is 11.3 Å². The maximum Gasteiger partial charge on any atom is 0.207 e. The summed E-state index contributed by atoms with van der Waals surface area (Å²) in [7, 11) is 2.90. The topological polar surface area (TPSA) is 79.5 Å². The summed E-state index contributed by atoms with van der Waals surface area (Å²) < 4.78 is 10.1. The first-order chi connectivity index (χ1) is 11.1. The van der Waals surface area contributed by atoms with E-state index in [0.717, 1.165) is 0 Å². The van der Waals surface area contributed by atoms with Gasteiger partial charge in [0.05, 0.1) is 19.8 Å². The lowest BCUT2D eigenvalue weighted by Gasteiger charge is -2.07. The Morgan fingerprint density at radius 2 is 1.83 bits per heavy atom. The molecule has 23 heavy (non-hydrogen) atoms. The fourth-order valence-electron chi connectivity index (χ4n) is 2.09. The van der Waals surface area contributed by atoms with Crippen molar-refractivity contribution in [2.24, 2.45) is 0 Å². The first-order valence-electron chi connectivity index (χ1n) is 6.77. The van der Waals surface area contributed by atoms with Crippen molar-refractivity contribution in [3.8, 4) is 23.3 Å². The molecule has 5 nitrogen and oxygen atoms in total. The van der Waals surface area contributed by atoms with E-state index < -0.39 is 5.78 Å². The molecule has 0 heterocycles. The van der Waals surface area contributed by atoms with Crippen LogP contribution in [0.25, 0.3) is 6.08 Å². The second-order valence-corrected chi connectivity index (χ2v) is 4.63. The van der Waals surface area contributed by atoms with Crippen molar-refractivity contribution in [3.05, 3.63) is 59.2 Å². The van der Waals surface area contributed by atoms with Gasteiger partial charge in [0, 0.05) is 0 Å². The van der Waals surface area contributed by atoms with E-state index in [1.165, 1.54) is 26.4 Å². The number of allylic oxidation sites excluding steroid dienone is 1. The lowest BCUT2D eigenvalue weighted by molar-refractivity contribution is 0.103. The van der Waals surface area contributed by atoms with Crippen LogP contribution in [0, 0.1) is 11.3 Å². The van der Waals surface area contributed by atoms with E-state index in [9.17, 15) is 15.2 Å². The number of nitrogens with zero attached hydrogens (tertiary/aromatic N) is 1. The highest BCUT2D eigenvalue weighted by atomic mass is 16.5. The van der Waals surface area contributed by atoms with Crippen molar-refractivity contribution >= 4 is 11.9 Å². The standard InChI is InChI=1S/C18H15NO4/c1-22-16-6-4-3-5-14(16)18(21)13(11-19)9-12-7-8-17(23-2)15(20)10-12/h3-10,20H,1-2H3/b13-9-. The van der Waals surface area contributed by atoms with Crippen molar-refractivity contribution in [1.82, 2.24) is 0 Å². The number of aromatic hydroxyl groups is 1. The number of phenolic OH excluding ortho intramolecular Hbond substituents is 1. The van der Waals surface area contributed by atoms with Gasteiger partial charge in [-0.15, -0.1) is 0 Å². The first-order valence-corrected chi connectivity index (χ1v) is 6.77. The molecular formula is C18H15NO4. The third-order valence-corrected chi connectivity index (χ3v) is 3.23. The number of phenols is 1. The van der Waals surface area contributed by atoms with Crippen LogP contribution in [0.15, 0.2) is 48.0 Å². The molecule has 0 amide bonds. The van der Waals surface area contributed by atoms with Gasteiger partial charge in [-0.25, -0.2) is 0 Å². The average Bonchev–Trinajstić information content (AvgIpc) is 2.59. The monoisotopic (exact) mass is 309 g/mol. The van der Waals surface area contributed by atoms with Crippen molar-refractivity contribution in [1.29, 1.82) is 5.26 Å². The molecule has 0 aliphatic carbocycles. The molecule has 2 aromatic carbocycles. The third-order valence-electron chi connectivity index (χ3n) is 3.23. The van der Waals surface area contributed by atoms with E-state index in [0.29, 0.717) is 22.6 Å². The zero-order valence-corrected chi connectivity index (χ0v) is 12.7. The molecule has 2 aromatic rings. The zero-order valence-electron chi connectivity index (χ0n) is 12.7. The number of methoxy groups -OCH3 is 2. The highest BCUT2D eigenvalue weighted by molar-refractivity contribution is 6.15. The Balaban J connectivity index is 2.41. The van der Waals surface area contributed by atoms with E-state index in [1.54, 1.807) is 36.4 Å². The molecule has 1 N–H and O–H groups in total. The van der Waals surface area contributed by atoms with Crippen LogP contribution in [-0.2, 0) is 0 Å². The van der Waals surface area contributed by atoms with Gasteiger partial charge >= 0.3 is 0 Å². The van der Waals surface area contributed by atoms with Gasteiger partial charge in [0.25, 0.3) is 0 Å². The molecule has 0 saturated carbocycles. The number of ketones is 1. The van der Waals surface area contributed by atoms with Crippen molar-refractivity contribution in [2.75, 3.05) is 14.2 Å². The summed E-state index contributed by atoms with van der Waals surface area (Å²) >= 11 is 0. The number of para-hydroxylation sites is 1. The second-order valence-electron chi connectivity index (χ2n) is 4.63. The Kier molecular flexibility index (Phi) is 5.00. The Morgan fingerprint density at radius 1 is 1.13 bits per heavy atom. The third kappa shape index (κ3) is 3.50. The van der Waals surface area contributed by atoms with Crippen LogP contribution in [-0.4, -0.2) is 25.1 Å². The summed E-state index contributed by atoms with van der Waals surface area (Å²) in [6.07, 6.45) is 1.41. The predicted octanol–water partition coefficient (Wildman–Crippen LogP) is 3.20. The largest absolute Gasteiger partial charge is 0.504 e. The number of hydrogen-bond donors (Lipinski definition) is 1. The number of benzene rings is 2. The normalized spacial score (nSPS) is 10.7.